The maximum Gasteiger partial charge on any atom is 0.306 e. The van der Waals surface area contributed by atoms with Crippen molar-refractivity contribution in [3.8, 4) is 0 Å². The molecule has 0 aromatic heterocycles. The summed E-state index contributed by atoms with van der Waals surface area (Å²) in [5.41, 5.74) is 0. The molecule has 0 radical (unpaired) electrons. The fourth-order valence-electron chi connectivity index (χ4n) is 9.31. The van der Waals surface area contributed by atoms with Crippen LogP contribution < -0.4 is 0 Å². The van der Waals surface area contributed by atoms with Crippen molar-refractivity contribution >= 4 is 11.9 Å². The van der Waals surface area contributed by atoms with Gasteiger partial charge in [-0.2, -0.15) is 0 Å². The number of ether oxygens (including phenoxy) is 3. The van der Waals surface area contributed by atoms with Crippen LogP contribution in [0.25, 0.3) is 0 Å². The van der Waals surface area contributed by atoms with E-state index < -0.39 is 6.10 Å². The number of hydrogen-bond acceptors (Lipinski definition) is 5. The minimum Gasteiger partial charge on any atom is -0.462 e. The first-order valence-electron chi connectivity index (χ1n) is 32.5. The van der Waals surface area contributed by atoms with Crippen LogP contribution in [0.4, 0.5) is 0 Å². The Hall–Kier alpha value is -2.66. The van der Waals surface area contributed by atoms with Gasteiger partial charge in [-0.15, -0.1) is 0 Å². The van der Waals surface area contributed by atoms with E-state index in [2.05, 4.69) is 93.7 Å². The largest absolute Gasteiger partial charge is 0.462 e. The Kier molecular flexibility index (Phi) is 62.3. The SMILES string of the molecule is CCCCC/C=C\C/C=C\C/C=C\CCCCCCCCC(=O)OCC(COCCCCCCCCCCCC/C=C\C/C=C\CCCCC)OC(=O)CCCCCCCCCCC/C=C\CCCCCCCC. The van der Waals surface area contributed by atoms with Gasteiger partial charge in [-0.25, -0.2) is 0 Å². The van der Waals surface area contributed by atoms with Crippen LogP contribution in [0, 0.1) is 0 Å². The second-order valence-electron chi connectivity index (χ2n) is 21.7. The van der Waals surface area contributed by atoms with Crippen LogP contribution in [0.15, 0.2) is 72.9 Å². The van der Waals surface area contributed by atoms with E-state index in [1.165, 1.54) is 225 Å². The molecule has 5 heteroatoms. The first kappa shape index (κ1) is 71.3. The zero-order chi connectivity index (χ0) is 53.4. The Morgan fingerprint density at radius 1 is 0.297 bits per heavy atom. The minimum atomic E-state index is -0.548. The van der Waals surface area contributed by atoms with Crippen LogP contribution in [0.2, 0.25) is 0 Å². The third kappa shape index (κ3) is 61.9. The molecule has 74 heavy (non-hydrogen) atoms. The molecule has 0 aliphatic carbocycles. The zero-order valence-electron chi connectivity index (χ0n) is 49.6. The predicted octanol–water partition coefficient (Wildman–Crippen LogP) is 22.6. The summed E-state index contributed by atoms with van der Waals surface area (Å²) >= 11 is 0. The van der Waals surface area contributed by atoms with Crippen molar-refractivity contribution in [2.45, 2.75) is 335 Å². The van der Waals surface area contributed by atoms with E-state index in [1.807, 2.05) is 0 Å². The van der Waals surface area contributed by atoms with E-state index in [-0.39, 0.29) is 25.2 Å². The molecule has 0 aliphatic heterocycles. The molecule has 0 saturated carbocycles. The molecule has 1 unspecified atom stereocenters. The number of unbranched alkanes of at least 4 members (excludes halogenated alkanes) is 37. The van der Waals surface area contributed by atoms with Crippen LogP contribution >= 0.6 is 0 Å². The second kappa shape index (κ2) is 64.6. The highest BCUT2D eigenvalue weighted by atomic mass is 16.6. The molecular formula is C69H124O5. The number of carbonyl (C=O) groups excluding carboxylic acids is 2. The lowest BCUT2D eigenvalue weighted by molar-refractivity contribution is -0.163. The number of rotatable bonds is 60. The number of hydrogen-bond donors (Lipinski definition) is 0. The van der Waals surface area contributed by atoms with Gasteiger partial charge in [-0.05, 0) is 116 Å². The molecule has 0 N–H and O–H groups in total. The first-order chi connectivity index (χ1) is 36.6. The van der Waals surface area contributed by atoms with Crippen molar-refractivity contribution in [3.05, 3.63) is 72.9 Å². The number of esters is 2. The smallest absolute Gasteiger partial charge is 0.306 e. The van der Waals surface area contributed by atoms with Crippen LogP contribution in [0.5, 0.6) is 0 Å². The van der Waals surface area contributed by atoms with E-state index >= 15 is 0 Å². The van der Waals surface area contributed by atoms with Gasteiger partial charge < -0.3 is 14.2 Å². The van der Waals surface area contributed by atoms with Gasteiger partial charge >= 0.3 is 11.9 Å². The van der Waals surface area contributed by atoms with Gasteiger partial charge in [0.15, 0.2) is 6.10 Å². The molecule has 0 aliphatic rings. The zero-order valence-corrected chi connectivity index (χ0v) is 49.6. The molecule has 5 nitrogen and oxygen atoms in total. The lowest BCUT2D eigenvalue weighted by Crippen LogP contribution is -2.30. The van der Waals surface area contributed by atoms with Crippen molar-refractivity contribution < 1.29 is 23.8 Å². The highest BCUT2D eigenvalue weighted by Gasteiger charge is 2.18. The molecule has 0 spiro atoms. The third-order valence-corrected chi connectivity index (χ3v) is 14.2. The van der Waals surface area contributed by atoms with Crippen LogP contribution in [-0.4, -0.2) is 37.9 Å². The molecule has 0 saturated heterocycles. The Morgan fingerprint density at radius 2 is 0.568 bits per heavy atom. The van der Waals surface area contributed by atoms with Gasteiger partial charge in [-0.3, -0.25) is 9.59 Å². The van der Waals surface area contributed by atoms with Gasteiger partial charge in [0, 0.05) is 19.4 Å². The van der Waals surface area contributed by atoms with Gasteiger partial charge in [0.2, 0.25) is 0 Å². The molecular weight excluding hydrogens is 909 g/mol. The molecule has 0 bridgehead atoms. The van der Waals surface area contributed by atoms with Gasteiger partial charge in [0.05, 0.1) is 6.61 Å². The van der Waals surface area contributed by atoms with Crippen molar-refractivity contribution in [1.82, 2.24) is 0 Å². The third-order valence-electron chi connectivity index (χ3n) is 14.2. The second-order valence-corrected chi connectivity index (χ2v) is 21.7. The summed E-state index contributed by atoms with van der Waals surface area (Å²) in [4.78, 5) is 25.7. The highest BCUT2D eigenvalue weighted by Crippen LogP contribution is 2.16. The molecule has 0 fully saturated rings. The molecule has 1 atom stereocenters. The summed E-state index contributed by atoms with van der Waals surface area (Å²) in [6.07, 6.45) is 85.1. The van der Waals surface area contributed by atoms with E-state index in [4.69, 9.17) is 14.2 Å². The van der Waals surface area contributed by atoms with E-state index in [0.29, 0.717) is 19.4 Å². The summed E-state index contributed by atoms with van der Waals surface area (Å²) in [6.45, 7) is 7.80. The Labute approximate surface area is 461 Å². The topological polar surface area (TPSA) is 61.8 Å². The number of allylic oxidation sites excluding steroid dienone is 12. The average Bonchev–Trinajstić information content (AvgIpc) is 3.40. The highest BCUT2D eigenvalue weighted by molar-refractivity contribution is 5.70. The normalized spacial score (nSPS) is 12.6. The Bertz CT molecular complexity index is 1310. The van der Waals surface area contributed by atoms with Crippen molar-refractivity contribution in [2.75, 3.05) is 19.8 Å². The van der Waals surface area contributed by atoms with Gasteiger partial charge in [0.1, 0.15) is 6.61 Å². The average molecular weight is 1030 g/mol. The number of carbonyl (C=O) groups is 2. The van der Waals surface area contributed by atoms with Crippen molar-refractivity contribution in [3.63, 3.8) is 0 Å². The maximum absolute atomic E-state index is 12.9. The van der Waals surface area contributed by atoms with Gasteiger partial charge in [0.25, 0.3) is 0 Å². The fourth-order valence-corrected chi connectivity index (χ4v) is 9.31. The van der Waals surface area contributed by atoms with Crippen molar-refractivity contribution in [2.24, 2.45) is 0 Å². The predicted molar refractivity (Wildman–Crippen MR) is 325 cm³/mol. The van der Waals surface area contributed by atoms with Crippen molar-refractivity contribution in [1.29, 1.82) is 0 Å². The Morgan fingerprint density at radius 3 is 0.946 bits per heavy atom. The standard InChI is InChI=1S/C69H124O5/c1-4-7-10-13-16-19-22-25-28-31-34-37-40-43-46-49-52-55-58-61-64-72-65-67(74-69(71)63-60-57-54-51-48-45-42-39-36-33-30-27-24-21-18-15-12-9-6-3)66-73-68(70)62-59-56-53-50-47-44-41-38-35-32-29-26-23-20-17-14-11-8-5-2/h16-17,19-20,25-30,35,38,67H,4-15,18,21-24,31-34,36-37,39-66H2,1-3H3/b19-16-,20-17-,28-25-,29-26-,30-27-,38-35-. The van der Waals surface area contributed by atoms with E-state index in [0.717, 1.165) is 70.6 Å². The minimum absolute atomic E-state index is 0.0765. The summed E-state index contributed by atoms with van der Waals surface area (Å²) in [5, 5.41) is 0. The monoisotopic (exact) mass is 1030 g/mol. The molecule has 430 valence electrons. The lowest BCUT2D eigenvalue weighted by atomic mass is 10.1. The molecule has 0 heterocycles. The molecule has 0 aromatic rings. The Balaban J connectivity index is 4.30. The summed E-state index contributed by atoms with van der Waals surface area (Å²) < 4.78 is 17.6. The molecule has 0 aromatic carbocycles. The van der Waals surface area contributed by atoms with E-state index in [1.54, 1.807) is 0 Å². The quantitative estimate of drug-likeness (QED) is 0.0345. The molecule has 0 amide bonds. The van der Waals surface area contributed by atoms with Crippen LogP contribution in [0.3, 0.4) is 0 Å². The lowest BCUT2D eigenvalue weighted by Gasteiger charge is -2.18. The maximum atomic E-state index is 12.9. The fraction of sp³-hybridized carbons (Fsp3) is 0.797. The summed E-state index contributed by atoms with van der Waals surface area (Å²) in [7, 11) is 0. The summed E-state index contributed by atoms with van der Waals surface area (Å²) in [5.74, 6) is -0.402. The first-order valence-corrected chi connectivity index (χ1v) is 32.5. The summed E-state index contributed by atoms with van der Waals surface area (Å²) in [6, 6.07) is 0. The van der Waals surface area contributed by atoms with Crippen LogP contribution in [0.1, 0.15) is 329 Å². The van der Waals surface area contributed by atoms with Crippen LogP contribution in [-0.2, 0) is 23.8 Å². The van der Waals surface area contributed by atoms with E-state index in [9.17, 15) is 9.59 Å². The van der Waals surface area contributed by atoms with Gasteiger partial charge in [-0.1, -0.05) is 273 Å². The molecule has 0 rings (SSSR count).